The van der Waals surface area contributed by atoms with Crippen LogP contribution in [0.5, 0.6) is 5.88 Å². The standard InChI is InChI=1S/C7H5ClINO/c8-6-3-5(9)4-1-2-11-7(4)10-6/h3H,1-2H2. The molecule has 0 N–H and O–H groups in total. The van der Waals surface area contributed by atoms with E-state index >= 15 is 0 Å². The molecule has 0 unspecified atom stereocenters. The number of ether oxygens (including phenoxy) is 1. The zero-order chi connectivity index (χ0) is 7.84. The minimum absolute atomic E-state index is 0.509. The number of hydrogen-bond acceptors (Lipinski definition) is 2. The zero-order valence-corrected chi connectivity index (χ0v) is 8.52. The number of nitrogens with zero attached hydrogens (tertiary/aromatic N) is 1. The van der Waals surface area contributed by atoms with Crippen molar-refractivity contribution in [1.29, 1.82) is 0 Å². The van der Waals surface area contributed by atoms with Gasteiger partial charge in [0.15, 0.2) is 0 Å². The van der Waals surface area contributed by atoms with Crippen LogP contribution in [0.3, 0.4) is 0 Å². The topological polar surface area (TPSA) is 22.1 Å². The SMILES string of the molecule is Clc1cc(I)c2c(n1)OCC2. The van der Waals surface area contributed by atoms with E-state index < -0.39 is 0 Å². The van der Waals surface area contributed by atoms with E-state index in [1.54, 1.807) is 0 Å². The molecule has 1 aliphatic rings. The third-order valence-corrected chi connectivity index (χ3v) is 2.75. The molecule has 1 aliphatic heterocycles. The molecule has 1 aromatic heterocycles. The molecule has 0 bridgehead atoms. The molecule has 2 nitrogen and oxygen atoms in total. The summed E-state index contributed by atoms with van der Waals surface area (Å²) in [6, 6.07) is 1.86. The van der Waals surface area contributed by atoms with Gasteiger partial charge in [0.25, 0.3) is 0 Å². The Labute approximate surface area is 83.1 Å². The van der Waals surface area contributed by atoms with E-state index in [1.165, 1.54) is 5.56 Å². The summed E-state index contributed by atoms with van der Waals surface area (Å²) in [7, 11) is 0. The first kappa shape index (κ1) is 7.61. The number of fused-ring (bicyclic) bond motifs is 1. The lowest BCUT2D eigenvalue weighted by molar-refractivity contribution is 0.345. The second kappa shape index (κ2) is 2.79. The fraction of sp³-hybridized carbons (Fsp3) is 0.286. The summed E-state index contributed by atoms with van der Waals surface area (Å²) in [6.07, 6.45) is 0.956. The lowest BCUT2D eigenvalue weighted by atomic mass is 10.2. The molecule has 0 amide bonds. The molecule has 0 aliphatic carbocycles. The molecule has 2 rings (SSSR count). The molecule has 0 aromatic carbocycles. The third kappa shape index (κ3) is 1.31. The van der Waals surface area contributed by atoms with Crippen molar-refractivity contribution < 1.29 is 4.74 Å². The molecule has 0 saturated carbocycles. The van der Waals surface area contributed by atoms with Gasteiger partial charge < -0.3 is 4.74 Å². The van der Waals surface area contributed by atoms with Crippen LogP contribution in [0.4, 0.5) is 0 Å². The lowest BCUT2D eigenvalue weighted by Gasteiger charge is -1.99. The van der Waals surface area contributed by atoms with E-state index in [9.17, 15) is 0 Å². The maximum atomic E-state index is 5.73. The Morgan fingerprint density at radius 2 is 2.45 bits per heavy atom. The van der Waals surface area contributed by atoms with Gasteiger partial charge in [-0.05, 0) is 28.7 Å². The Balaban J connectivity index is 2.60. The maximum absolute atomic E-state index is 5.73. The number of hydrogen-bond donors (Lipinski definition) is 0. The number of halogens is 2. The first-order valence-corrected chi connectivity index (χ1v) is 4.71. The summed E-state index contributed by atoms with van der Waals surface area (Å²) in [5.41, 5.74) is 1.19. The van der Waals surface area contributed by atoms with Gasteiger partial charge in [-0.1, -0.05) is 11.6 Å². The second-order valence-electron chi connectivity index (χ2n) is 2.31. The van der Waals surface area contributed by atoms with Crippen LogP contribution < -0.4 is 4.74 Å². The smallest absolute Gasteiger partial charge is 0.219 e. The van der Waals surface area contributed by atoms with E-state index in [2.05, 4.69) is 27.6 Å². The van der Waals surface area contributed by atoms with E-state index in [0.29, 0.717) is 11.0 Å². The number of aromatic nitrogens is 1. The predicted octanol–water partition coefficient (Wildman–Crippen LogP) is 2.27. The van der Waals surface area contributed by atoms with Gasteiger partial charge in [0.05, 0.1) is 6.61 Å². The molecule has 2 heterocycles. The van der Waals surface area contributed by atoms with Crippen molar-refractivity contribution in [2.45, 2.75) is 6.42 Å². The van der Waals surface area contributed by atoms with Crippen LogP contribution in [0.25, 0.3) is 0 Å². The van der Waals surface area contributed by atoms with Crippen LogP contribution in [0.1, 0.15) is 5.56 Å². The van der Waals surface area contributed by atoms with Crippen molar-refractivity contribution in [3.05, 3.63) is 20.4 Å². The van der Waals surface area contributed by atoms with Crippen LogP contribution in [0, 0.1) is 3.57 Å². The zero-order valence-electron chi connectivity index (χ0n) is 5.60. The highest BCUT2D eigenvalue weighted by atomic mass is 127. The van der Waals surface area contributed by atoms with Crippen LogP contribution in [0.15, 0.2) is 6.07 Å². The Morgan fingerprint density at radius 1 is 1.64 bits per heavy atom. The highest BCUT2D eigenvalue weighted by Crippen LogP contribution is 2.29. The Kier molecular flexibility index (Phi) is 1.93. The molecule has 11 heavy (non-hydrogen) atoms. The van der Waals surface area contributed by atoms with Gasteiger partial charge >= 0.3 is 0 Å². The number of pyridine rings is 1. The Bertz CT molecular complexity index is 303. The molecule has 0 saturated heterocycles. The van der Waals surface area contributed by atoms with Crippen LogP contribution >= 0.6 is 34.2 Å². The van der Waals surface area contributed by atoms with Crippen molar-refractivity contribution in [1.82, 2.24) is 4.98 Å². The van der Waals surface area contributed by atoms with Crippen molar-refractivity contribution >= 4 is 34.2 Å². The average Bonchev–Trinajstić information content (AvgIpc) is 2.34. The molecule has 0 spiro atoms. The van der Waals surface area contributed by atoms with E-state index in [-0.39, 0.29) is 0 Å². The van der Waals surface area contributed by atoms with Gasteiger partial charge in [0.1, 0.15) is 5.15 Å². The largest absolute Gasteiger partial charge is 0.477 e. The lowest BCUT2D eigenvalue weighted by Crippen LogP contribution is -1.88. The summed E-state index contributed by atoms with van der Waals surface area (Å²) in [5, 5.41) is 0.509. The van der Waals surface area contributed by atoms with Crippen molar-refractivity contribution in [2.75, 3.05) is 6.61 Å². The van der Waals surface area contributed by atoms with Gasteiger partial charge in [-0.15, -0.1) is 0 Å². The summed E-state index contributed by atoms with van der Waals surface area (Å²) < 4.78 is 6.41. The first-order valence-electron chi connectivity index (χ1n) is 3.25. The maximum Gasteiger partial charge on any atom is 0.219 e. The summed E-state index contributed by atoms with van der Waals surface area (Å²) in [6.45, 7) is 0.735. The number of rotatable bonds is 0. The van der Waals surface area contributed by atoms with E-state index in [1.807, 2.05) is 6.07 Å². The highest BCUT2D eigenvalue weighted by molar-refractivity contribution is 14.1. The fourth-order valence-corrected chi connectivity index (χ4v) is 2.25. The quantitative estimate of drug-likeness (QED) is 0.538. The first-order chi connectivity index (χ1) is 5.27. The molecule has 0 atom stereocenters. The van der Waals surface area contributed by atoms with Crippen LogP contribution in [0.2, 0.25) is 5.15 Å². The molecular weight excluding hydrogens is 276 g/mol. The van der Waals surface area contributed by atoms with Crippen molar-refractivity contribution in [2.24, 2.45) is 0 Å². The Hall–Kier alpha value is -0.0300. The second-order valence-corrected chi connectivity index (χ2v) is 3.86. The van der Waals surface area contributed by atoms with E-state index in [4.69, 9.17) is 16.3 Å². The molecular formula is C7H5ClINO. The minimum Gasteiger partial charge on any atom is -0.477 e. The van der Waals surface area contributed by atoms with Gasteiger partial charge in [-0.3, -0.25) is 0 Å². The highest BCUT2D eigenvalue weighted by Gasteiger charge is 2.17. The minimum atomic E-state index is 0.509. The van der Waals surface area contributed by atoms with Gasteiger partial charge in [0.2, 0.25) is 5.88 Å². The van der Waals surface area contributed by atoms with Gasteiger partial charge in [-0.25, -0.2) is 4.98 Å². The van der Waals surface area contributed by atoms with Gasteiger partial charge in [-0.2, -0.15) is 0 Å². The fourth-order valence-electron chi connectivity index (χ4n) is 1.09. The summed E-state index contributed by atoms with van der Waals surface area (Å²) in [5.74, 6) is 0.710. The summed E-state index contributed by atoms with van der Waals surface area (Å²) >= 11 is 7.98. The Morgan fingerprint density at radius 3 is 3.27 bits per heavy atom. The predicted molar refractivity (Wildman–Crippen MR) is 51.2 cm³/mol. The third-order valence-electron chi connectivity index (χ3n) is 1.59. The molecule has 0 fully saturated rings. The van der Waals surface area contributed by atoms with Crippen LogP contribution in [-0.2, 0) is 6.42 Å². The van der Waals surface area contributed by atoms with Gasteiger partial charge in [0, 0.05) is 15.6 Å². The van der Waals surface area contributed by atoms with Crippen LogP contribution in [-0.4, -0.2) is 11.6 Å². The molecule has 4 heteroatoms. The van der Waals surface area contributed by atoms with E-state index in [0.717, 1.165) is 16.6 Å². The molecule has 0 radical (unpaired) electrons. The van der Waals surface area contributed by atoms with Crippen molar-refractivity contribution in [3.63, 3.8) is 0 Å². The van der Waals surface area contributed by atoms with Crippen molar-refractivity contribution in [3.8, 4) is 5.88 Å². The molecule has 1 aromatic rings. The summed E-state index contributed by atoms with van der Waals surface area (Å²) in [4.78, 5) is 4.05. The monoisotopic (exact) mass is 281 g/mol. The molecule has 58 valence electrons. The average molecular weight is 281 g/mol. The normalized spacial score (nSPS) is 14.4.